The summed E-state index contributed by atoms with van der Waals surface area (Å²) in [6.45, 7) is 0.291. The Morgan fingerprint density at radius 2 is 1.90 bits per heavy atom. The van der Waals surface area contributed by atoms with Crippen LogP contribution in [-0.2, 0) is 19.4 Å². The van der Waals surface area contributed by atoms with Gasteiger partial charge in [-0.05, 0) is 67.1 Å². The van der Waals surface area contributed by atoms with E-state index in [9.17, 15) is 9.65 Å². The summed E-state index contributed by atoms with van der Waals surface area (Å²) in [4.78, 5) is 4.49. The first-order valence-electron chi connectivity index (χ1n) is 9.45. The van der Waals surface area contributed by atoms with Crippen LogP contribution in [0, 0.1) is 17.1 Å². The third-order valence-electron chi connectivity index (χ3n) is 5.13. The summed E-state index contributed by atoms with van der Waals surface area (Å²) in [5.74, 6) is 0.621. The topological polar surface area (TPSA) is 71.9 Å². The maximum atomic E-state index is 13.2. The number of hydrogen-bond acceptors (Lipinski definition) is 4. The van der Waals surface area contributed by atoms with Crippen molar-refractivity contribution >= 4 is 21.7 Å². The predicted octanol–water partition coefficient (Wildman–Crippen LogP) is 5.56. The predicted molar refractivity (Wildman–Crippen MR) is 114 cm³/mol. The van der Waals surface area contributed by atoms with Gasteiger partial charge in [-0.1, -0.05) is 28.1 Å². The van der Waals surface area contributed by atoms with E-state index in [0.29, 0.717) is 17.9 Å². The SMILES string of the molecule is N#Cc1c(N)nc2c(c1-c1cc(Br)ccc1OCc1ccc(F)cc1)CCCC2. The molecule has 1 aliphatic carbocycles. The summed E-state index contributed by atoms with van der Waals surface area (Å²) in [6, 6.07) is 14.2. The van der Waals surface area contributed by atoms with Gasteiger partial charge in [-0.2, -0.15) is 5.26 Å². The van der Waals surface area contributed by atoms with Crippen LogP contribution in [0.1, 0.15) is 35.2 Å². The lowest BCUT2D eigenvalue weighted by Crippen LogP contribution is -2.12. The van der Waals surface area contributed by atoms with Crippen LogP contribution in [0.2, 0.25) is 0 Å². The molecule has 0 aliphatic heterocycles. The number of halogens is 2. The molecule has 0 unspecified atom stereocenters. The molecule has 6 heteroatoms. The number of ether oxygens (including phenoxy) is 1. The largest absolute Gasteiger partial charge is 0.488 e. The Kier molecular flexibility index (Phi) is 5.50. The Hall–Kier alpha value is -2.91. The van der Waals surface area contributed by atoms with Crippen LogP contribution >= 0.6 is 15.9 Å². The third-order valence-corrected chi connectivity index (χ3v) is 5.63. The molecule has 0 saturated carbocycles. The number of hydrogen-bond donors (Lipinski definition) is 1. The van der Waals surface area contributed by atoms with E-state index in [1.54, 1.807) is 12.1 Å². The fourth-order valence-electron chi connectivity index (χ4n) is 3.74. The molecule has 4 rings (SSSR count). The molecule has 3 aromatic rings. The van der Waals surface area contributed by atoms with Crippen LogP contribution < -0.4 is 10.5 Å². The average molecular weight is 452 g/mol. The minimum atomic E-state index is -0.282. The lowest BCUT2D eigenvalue weighted by atomic mass is 9.86. The lowest BCUT2D eigenvalue weighted by Gasteiger charge is -2.22. The molecule has 2 aromatic carbocycles. The third kappa shape index (κ3) is 3.96. The van der Waals surface area contributed by atoms with E-state index in [0.717, 1.165) is 58.1 Å². The maximum absolute atomic E-state index is 13.2. The highest BCUT2D eigenvalue weighted by atomic mass is 79.9. The number of nitrogens with two attached hydrogens (primary N) is 1. The van der Waals surface area contributed by atoms with Gasteiger partial charge < -0.3 is 10.5 Å². The number of fused-ring (bicyclic) bond motifs is 1. The van der Waals surface area contributed by atoms with E-state index in [-0.39, 0.29) is 11.6 Å². The summed E-state index contributed by atoms with van der Waals surface area (Å²) in [5.41, 5.74) is 11.0. The van der Waals surface area contributed by atoms with E-state index >= 15 is 0 Å². The minimum absolute atomic E-state index is 0.257. The molecule has 0 spiro atoms. The molecule has 4 nitrogen and oxygen atoms in total. The van der Waals surface area contributed by atoms with E-state index < -0.39 is 0 Å². The van der Waals surface area contributed by atoms with Crippen molar-refractivity contribution < 1.29 is 9.13 Å². The second-order valence-electron chi connectivity index (χ2n) is 7.05. The zero-order valence-electron chi connectivity index (χ0n) is 15.7. The fourth-order valence-corrected chi connectivity index (χ4v) is 4.10. The van der Waals surface area contributed by atoms with Gasteiger partial charge in [-0.25, -0.2) is 9.37 Å². The highest BCUT2D eigenvalue weighted by Gasteiger charge is 2.24. The van der Waals surface area contributed by atoms with E-state index in [4.69, 9.17) is 10.5 Å². The van der Waals surface area contributed by atoms with Crippen molar-refractivity contribution in [1.82, 2.24) is 4.98 Å². The van der Waals surface area contributed by atoms with Gasteiger partial charge in [0.25, 0.3) is 0 Å². The average Bonchev–Trinajstić information content (AvgIpc) is 2.73. The molecule has 0 atom stereocenters. The molecule has 0 amide bonds. The normalized spacial score (nSPS) is 12.9. The van der Waals surface area contributed by atoms with Crippen molar-refractivity contribution in [3.05, 3.63) is 75.1 Å². The molecule has 0 radical (unpaired) electrons. The monoisotopic (exact) mass is 451 g/mol. The Morgan fingerprint density at radius 3 is 2.66 bits per heavy atom. The number of pyridine rings is 1. The number of aromatic nitrogens is 1. The van der Waals surface area contributed by atoms with Crippen molar-refractivity contribution in [2.24, 2.45) is 0 Å². The van der Waals surface area contributed by atoms with Crippen LogP contribution in [0.3, 0.4) is 0 Å². The summed E-state index contributed by atoms with van der Waals surface area (Å²) in [7, 11) is 0. The van der Waals surface area contributed by atoms with E-state index in [1.165, 1.54) is 12.1 Å². The van der Waals surface area contributed by atoms with Gasteiger partial charge in [0.15, 0.2) is 0 Å². The first kappa shape index (κ1) is 19.4. The van der Waals surface area contributed by atoms with Crippen molar-refractivity contribution in [3.8, 4) is 22.9 Å². The second kappa shape index (κ2) is 8.22. The number of aryl methyl sites for hydroxylation is 1. The summed E-state index contributed by atoms with van der Waals surface area (Å²) < 4.78 is 20.1. The van der Waals surface area contributed by atoms with Gasteiger partial charge in [-0.3, -0.25) is 0 Å². The first-order valence-corrected chi connectivity index (χ1v) is 10.2. The highest BCUT2D eigenvalue weighted by molar-refractivity contribution is 9.10. The molecule has 0 saturated heterocycles. The van der Waals surface area contributed by atoms with Crippen molar-refractivity contribution in [3.63, 3.8) is 0 Å². The Bertz CT molecular complexity index is 1110. The van der Waals surface area contributed by atoms with Gasteiger partial charge in [-0.15, -0.1) is 0 Å². The van der Waals surface area contributed by atoms with Gasteiger partial charge in [0.2, 0.25) is 0 Å². The molecule has 29 heavy (non-hydrogen) atoms. The van der Waals surface area contributed by atoms with Gasteiger partial charge in [0.1, 0.15) is 35.6 Å². The highest BCUT2D eigenvalue weighted by Crippen LogP contribution is 2.41. The molecule has 2 N–H and O–H groups in total. The summed E-state index contributed by atoms with van der Waals surface area (Å²) in [6.07, 6.45) is 3.84. The smallest absolute Gasteiger partial charge is 0.142 e. The molecule has 1 aliphatic rings. The van der Waals surface area contributed by atoms with Crippen LogP contribution in [0.4, 0.5) is 10.2 Å². The van der Waals surface area contributed by atoms with Crippen molar-refractivity contribution in [2.75, 3.05) is 5.73 Å². The quantitative estimate of drug-likeness (QED) is 0.563. The molecule has 0 bridgehead atoms. The van der Waals surface area contributed by atoms with E-state index in [2.05, 4.69) is 27.0 Å². The number of nitrogen functional groups attached to an aromatic ring is 1. The molecule has 146 valence electrons. The molecular formula is C23H19BrFN3O. The number of benzene rings is 2. The maximum Gasteiger partial charge on any atom is 0.142 e. The number of nitriles is 1. The van der Waals surface area contributed by atoms with Crippen LogP contribution in [0.15, 0.2) is 46.9 Å². The fraction of sp³-hybridized carbons (Fsp3) is 0.217. The lowest BCUT2D eigenvalue weighted by molar-refractivity contribution is 0.307. The number of rotatable bonds is 4. The first-order chi connectivity index (χ1) is 14.1. The van der Waals surface area contributed by atoms with Crippen molar-refractivity contribution in [2.45, 2.75) is 32.3 Å². The zero-order chi connectivity index (χ0) is 20.4. The van der Waals surface area contributed by atoms with Gasteiger partial charge in [0, 0.05) is 21.3 Å². The summed E-state index contributed by atoms with van der Waals surface area (Å²) in [5, 5.41) is 9.80. The van der Waals surface area contributed by atoms with Gasteiger partial charge in [0.05, 0.1) is 0 Å². The van der Waals surface area contributed by atoms with Crippen LogP contribution in [0.25, 0.3) is 11.1 Å². The zero-order valence-corrected chi connectivity index (χ0v) is 17.3. The second-order valence-corrected chi connectivity index (χ2v) is 7.96. The van der Waals surface area contributed by atoms with Crippen molar-refractivity contribution in [1.29, 1.82) is 5.26 Å². The van der Waals surface area contributed by atoms with Crippen LogP contribution in [0.5, 0.6) is 5.75 Å². The minimum Gasteiger partial charge on any atom is -0.488 e. The van der Waals surface area contributed by atoms with Crippen LogP contribution in [-0.4, -0.2) is 4.98 Å². The standard InChI is InChI=1S/C23H19BrFN3O/c24-15-7-10-21(29-13-14-5-8-16(25)9-6-14)18(11-15)22-17-3-1-2-4-20(17)28-23(27)19(22)12-26/h5-11H,1-4,13H2,(H2,27,28). The summed E-state index contributed by atoms with van der Waals surface area (Å²) >= 11 is 3.53. The molecule has 1 heterocycles. The molecule has 1 aromatic heterocycles. The molecule has 0 fully saturated rings. The number of nitrogens with zero attached hydrogens (tertiary/aromatic N) is 2. The Labute approximate surface area is 177 Å². The number of anilines is 1. The Balaban J connectivity index is 1.81. The Morgan fingerprint density at radius 1 is 1.14 bits per heavy atom. The molecular weight excluding hydrogens is 433 g/mol. The van der Waals surface area contributed by atoms with E-state index in [1.807, 2.05) is 18.2 Å². The van der Waals surface area contributed by atoms with Gasteiger partial charge >= 0.3 is 0 Å².